The molecule has 0 radical (unpaired) electrons. The summed E-state index contributed by atoms with van der Waals surface area (Å²) in [4.78, 5) is 22.0. The van der Waals surface area contributed by atoms with Gasteiger partial charge in [-0.05, 0) is 36.8 Å². The van der Waals surface area contributed by atoms with Crippen LogP contribution >= 0.6 is 0 Å². The molecule has 7 heteroatoms. The fourth-order valence-electron chi connectivity index (χ4n) is 1.91. The lowest BCUT2D eigenvalue weighted by molar-refractivity contribution is -0.383. The Morgan fingerprint density at radius 1 is 1.22 bits per heavy atom. The van der Waals surface area contributed by atoms with E-state index in [1.165, 1.54) is 12.1 Å². The first kappa shape index (κ1) is 16.3. The van der Waals surface area contributed by atoms with Gasteiger partial charge >= 0.3 is 5.97 Å². The van der Waals surface area contributed by atoms with Crippen molar-refractivity contribution in [2.75, 3.05) is 18.9 Å². The molecule has 0 aliphatic heterocycles. The molecule has 2 aromatic carbocycles. The first-order valence-corrected chi connectivity index (χ1v) is 6.88. The highest BCUT2D eigenvalue weighted by Gasteiger charge is 2.16. The molecule has 2 rings (SSSR count). The van der Waals surface area contributed by atoms with Gasteiger partial charge in [0.25, 0.3) is 5.69 Å². The molecule has 23 heavy (non-hydrogen) atoms. The van der Waals surface area contributed by atoms with Gasteiger partial charge in [0.1, 0.15) is 24.7 Å². The predicted octanol–water partition coefficient (Wildman–Crippen LogP) is 2.72. The number of nitro benzene ring substituents is 1. The molecule has 120 valence electrons. The van der Waals surface area contributed by atoms with Crippen molar-refractivity contribution in [3.63, 3.8) is 0 Å². The second-order valence-electron chi connectivity index (χ2n) is 4.83. The number of anilines is 1. The number of carbonyl (C=O) groups is 1. The maximum Gasteiger partial charge on any atom is 0.338 e. The number of rotatable bonds is 6. The highest BCUT2D eigenvalue weighted by atomic mass is 16.6. The molecule has 0 fully saturated rings. The molecule has 0 saturated heterocycles. The average molecular weight is 316 g/mol. The van der Waals surface area contributed by atoms with Crippen molar-refractivity contribution < 1.29 is 19.2 Å². The van der Waals surface area contributed by atoms with Crippen molar-refractivity contribution in [2.45, 2.75) is 6.92 Å². The van der Waals surface area contributed by atoms with E-state index < -0.39 is 10.9 Å². The first-order chi connectivity index (χ1) is 11.0. The summed E-state index contributed by atoms with van der Waals surface area (Å²) in [6, 6.07) is 11.3. The number of hydrogen-bond donors (Lipinski definition) is 1. The number of esters is 1. The molecular weight excluding hydrogens is 300 g/mol. The third-order valence-electron chi connectivity index (χ3n) is 3.04. The molecule has 0 spiro atoms. The fraction of sp³-hybridized carbons (Fsp3) is 0.188. The van der Waals surface area contributed by atoms with Gasteiger partial charge in [0, 0.05) is 6.07 Å². The van der Waals surface area contributed by atoms with Crippen LogP contribution in [-0.4, -0.2) is 24.1 Å². The van der Waals surface area contributed by atoms with Gasteiger partial charge in [-0.25, -0.2) is 4.79 Å². The van der Waals surface area contributed by atoms with Crippen molar-refractivity contribution in [3.05, 3.63) is 63.7 Å². The number of aryl methyl sites for hydroxylation is 1. The van der Waals surface area contributed by atoms with E-state index in [2.05, 4.69) is 0 Å². The number of hydrogen-bond acceptors (Lipinski definition) is 6. The monoisotopic (exact) mass is 316 g/mol. The topological polar surface area (TPSA) is 105 Å². The Balaban J connectivity index is 1.88. The molecule has 7 nitrogen and oxygen atoms in total. The zero-order valence-corrected chi connectivity index (χ0v) is 12.5. The summed E-state index contributed by atoms with van der Waals surface area (Å²) in [5.41, 5.74) is 6.28. The molecular formula is C16H16N2O5. The molecule has 0 saturated carbocycles. The van der Waals surface area contributed by atoms with Crippen molar-refractivity contribution in [1.82, 2.24) is 0 Å². The number of ether oxygens (including phenoxy) is 2. The van der Waals surface area contributed by atoms with Crippen molar-refractivity contribution in [3.8, 4) is 5.75 Å². The average Bonchev–Trinajstić information content (AvgIpc) is 2.51. The largest absolute Gasteiger partial charge is 0.490 e. The van der Waals surface area contributed by atoms with E-state index in [1.54, 1.807) is 6.07 Å². The third kappa shape index (κ3) is 4.44. The second-order valence-corrected chi connectivity index (χ2v) is 4.83. The lowest BCUT2D eigenvalue weighted by atomic mass is 10.2. The van der Waals surface area contributed by atoms with Crippen molar-refractivity contribution in [2.24, 2.45) is 0 Å². The van der Waals surface area contributed by atoms with Gasteiger partial charge in [-0.3, -0.25) is 10.1 Å². The van der Waals surface area contributed by atoms with Crippen LogP contribution < -0.4 is 10.5 Å². The third-order valence-corrected chi connectivity index (χ3v) is 3.04. The van der Waals surface area contributed by atoms with Crippen molar-refractivity contribution in [1.29, 1.82) is 0 Å². The number of nitrogens with two attached hydrogens (primary N) is 1. The predicted molar refractivity (Wildman–Crippen MR) is 84.5 cm³/mol. The van der Waals surface area contributed by atoms with Gasteiger partial charge in [0.05, 0.1) is 10.5 Å². The Hall–Kier alpha value is -3.09. The van der Waals surface area contributed by atoms with E-state index in [1.807, 2.05) is 25.1 Å². The van der Waals surface area contributed by atoms with E-state index in [4.69, 9.17) is 15.2 Å². The van der Waals surface area contributed by atoms with E-state index in [0.29, 0.717) is 5.75 Å². The molecule has 0 atom stereocenters. The van der Waals surface area contributed by atoms with Crippen LogP contribution in [0.2, 0.25) is 0 Å². The summed E-state index contributed by atoms with van der Waals surface area (Å²) < 4.78 is 10.5. The standard InChI is InChI=1S/C16H16N2O5/c1-11-3-2-4-13(9-11)22-7-8-23-16(19)12-5-6-14(17)15(10-12)18(20)21/h2-6,9-10H,7-8,17H2,1H3. The van der Waals surface area contributed by atoms with Crippen LogP contribution in [0.1, 0.15) is 15.9 Å². The summed E-state index contributed by atoms with van der Waals surface area (Å²) in [5, 5.41) is 10.8. The minimum absolute atomic E-state index is 0.00525. The number of nitrogen functional groups attached to an aromatic ring is 1. The second kappa shape index (κ2) is 7.26. The van der Waals surface area contributed by atoms with Crippen LogP contribution in [0.4, 0.5) is 11.4 Å². The maximum atomic E-state index is 11.9. The maximum absolute atomic E-state index is 11.9. The van der Waals surface area contributed by atoms with Gasteiger partial charge in [-0.2, -0.15) is 0 Å². The molecule has 0 amide bonds. The van der Waals surface area contributed by atoms with Gasteiger partial charge in [0.15, 0.2) is 0 Å². The van der Waals surface area contributed by atoms with Crippen LogP contribution in [0.5, 0.6) is 5.75 Å². The molecule has 0 aliphatic rings. The van der Waals surface area contributed by atoms with Gasteiger partial charge < -0.3 is 15.2 Å². The van der Waals surface area contributed by atoms with Gasteiger partial charge in [-0.1, -0.05) is 12.1 Å². The number of benzene rings is 2. The summed E-state index contributed by atoms with van der Waals surface area (Å²) >= 11 is 0. The van der Waals surface area contributed by atoms with Crippen LogP contribution in [-0.2, 0) is 4.74 Å². The van der Waals surface area contributed by atoms with E-state index >= 15 is 0 Å². The Bertz CT molecular complexity index is 730. The molecule has 0 unspecified atom stereocenters. The number of nitrogens with zero attached hydrogens (tertiary/aromatic N) is 1. The zero-order valence-electron chi connectivity index (χ0n) is 12.5. The Labute approximate surface area is 132 Å². The lowest BCUT2D eigenvalue weighted by Gasteiger charge is -2.08. The summed E-state index contributed by atoms with van der Waals surface area (Å²) in [5.74, 6) is 0.0186. The minimum Gasteiger partial charge on any atom is -0.490 e. The van der Waals surface area contributed by atoms with Crippen LogP contribution in [0, 0.1) is 17.0 Å². The molecule has 2 aromatic rings. The minimum atomic E-state index is -0.666. The smallest absolute Gasteiger partial charge is 0.338 e. The van der Waals surface area contributed by atoms with Crippen molar-refractivity contribution >= 4 is 17.3 Å². The van der Waals surface area contributed by atoms with Gasteiger partial charge in [-0.15, -0.1) is 0 Å². The normalized spacial score (nSPS) is 10.1. The fourth-order valence-corrected chi connectivity index (χ4v) is 1.91. The Kier molecular flexibility index (Phi) is 5.14. The van der Waals surface area contributed by atoms with Gasteiger partial charge in [0.2, 0.25) is 0 Å². The van der Waals surface area contributed by atoms with Crippen LogP contribution in [0.15, 0.2) is 42.5 Å². The number of nitro groups is 1. The molecule has 0 aliphatic carbocycles. The van der Waals surface area contributed by atoms with E-state index in [-0.39, 0.29) is 30.2 Å². The summed E-state index contributed by atoms with van der Waals surface area (Å²) in [6.45, 7) is 2.16. The lowest BCUT2D eigenvalue weighted by Crippen LogP contribution is -2.13. The van der Waals surface area contributed by atoms with Crippen LogP contribution in [0.3, 0.4) is 0 Å². The highest BCUT2D eigenvalue weighted by Crippen LogP contribution is 2.22. The quantitative estimate of drug-likeness (QED) is 0.289. The Morgan fingerprint density at radius 3 is 2.70 bits per heavy atom. The summed E-state index contributed by atoms with van der Waals surface area (Å²) in [7, 11) is 0. The Morgan fingerprint density at radius 2 is 2.00 bits per heavy atom. The summed E-state index contributed by atoms with van der Waals surface area (Å²) in [6.07, 6.45) is 0. The van der Waals surface area contributed by atoms with E-state index in [9.17, 15) is 14.9 Å². The molecule has 0 aromatic heterocycles. The van der Waals surface area contributed by atoms with Crippen LogP contribution in [0.25, 0.3) is 0 Å². The molecule has 0 bridgehead atoms. The molecule has 0 heterocycles. The van der Waals surface area contributed by atoms with E-state index in [0.717, 1.165) is 11.6 Å². The molecule has 2 N–H and O–H groups in total. The zero-order chi connectivity index (χ0) is 16.8. The number of carbonyl (C=O) groups excluding carboxylic acids is 1. The SMILES string of the molecule is Cc1cccc(OCCOC(=O)c2ccc(N)c([N+](=O)[O-])c2)c1. The first-order valence-electron chi connectivity index (χ1n) is 6.88. The highest BCUT2D eigenvalue weighted by molar-refractivity contribution is 5.91.